The van der Waals surface area contributed by atoms with Crippen LogP contribution in [0.3, 0.4) is 0 Å². The number of nitrogens with zero attached hydrogens (tertiary/aromatic N) is 2. The Bertz CT molecular complexity index is 614. The van der Waals surface area contributed by atoms with Crippen LogP contribution in [-0.4, -0.2) is 42.7 Å². The van der Waals surface area contributed by atoms with Crippen LogP contribution in [0.1, 0.15) is 50.4 Å². The minimum Gasteiger partial charge on any atom is -0.368 e. The lowest BCUT2D eigenvalue weighted by atomic mass is 9.93. The lowest BCUT2D eigenvalue weighted by molar-refractivity contribution is -0.00283. The van der Waals surface area contributed by atoms with Gasteiger partial charge in [0.05, 0.1) is 17.6 Å². The van der Waals surface area contributed by atoms with Crippen molar-refractivity contribution in [2.75, 3.05) is 19.7 Å². The number of aromatic nitrogens is 1. The van der Waals surface area contributed by atoms with Crippen LogP contribution in [0, 0.1) is 0 Å². The molecule has 0 bridgehead atoms. The highest BCUT2D eigenvalue weighted by Gasteiger charge is 2.42. The van der Waals surface area contributed by atoms with E-state index in [2.05, 4.69) is 25.8 Å². The van der Waals surface area contributed by atoms with E-state index in [-0.39, 0.29) is 16.8 Å². The monoisotopic (exact) mass is 330 g/mol. The van der Waals surface area contributed by atoms with Gasteiger partial charge in [-0.2, -0.15) is 4.31 Å². The second kappa shape index (κ2) is 5.30. The first-order chi connectivity index (χ1) is 9.78. The van der Waals surface area contributed by atoms with Crippen molar-refractivity contribution in [1.29, 1.82) is 0 Å². The van der Waals surface area contributed by atoms with Crippen molar-refractivity contribution in [3.63, 3.8) is 0 Å². The Hall–Kier alpha value is -0.500. The van der Waals surface area contributed by atoms with Crippen LogP contribution in [0.25, 0.3) is 0 Å². The molecule has 0 amide bonds. The maximum Gasteiger partial charge on any atom is 0.217 e. The zero-order chi connectivity index (χ0) is 15.3. The lowest BCUT2D eigenvalue weighted by Gasteiger charge is -2.31. The summed E-state index contributed by atoms with van der Waals surface area (Å²) >= 11 is 1.56. The third-order valence-corrected chi connectivity index (χ3v) is 7.20. The van der Waals surface area contributed by atoms with Crippen molar-refractivity contribution in [2.45, 2.75) is 50.4 Å². The summed E-state index contributed by atoms with van der Waals surface area (Å²) < 4.78 is 32.0. The highest BCUT2D eigenvalue weighted by atomic mass is 32.2. The minimum atomic E-state index is -3.12. The van der Waals surface area contributed by atoms with Crippen LogP contribution in [-0.2, 0) is 20.2 Å². The highest BCUT2D eigenvalue weighted by Crippen LogP contribution is 2.35. The summed E-state index contributed by atoms with van der Waals surface area (Å²) in [6.45, 7) is 7.68. The van der Waals surface area contributed by atoms with Crippen molar-refractivity contribution in [3.05, 3.63) is 16.1 Å². The summed E-state index contributed by atoms with van der Waals surface area (Å²) in [4.78, 5) is 4.65. The molecule has 118 valence electrons. The number of hydrogen-bond donors (Lipinski definition) is 0. The molecule has 1 saturated carbocycles. The van der Waals surface area contributed by atoms with E-state index < -0.39 is 10.0 Å². The summed E-state index contributed by atoms with van der Waals surface area (Å²) in [6.07, 6.45) is 1.37. The zero-order valence-corrected chi connectivity index (χ0v) is 14.3. The van der Waals surface area contributed by atoms with Gasteiger partial charge in [-0.25, -0.2) is 13.4 Å². The standard InChI is InChI=1S/C14H22N2O3S2/c1-14(2,3)12-9-20-13(15-12)11-8-16(6-7-19-11)21(17,18)10-4-5-10/h9-11H,4-8H2,1-3H3/t11-/m0/s1. The second-order valence-corrected chi connectivity index (χ2v) is 9.89. The molecule has 1 aliphatic carbocycles. The fraction of sp³-hybridized carbons (Fsp3) is 0.786. The van der Waals surface area contributed by atoms with Crippen LogP contribution in [0.2, 0.25) is 0 Å². The first-order valence-corrected chi connectivity index (χ1v) is 9.73. The predicted octanol–water partition coefficient (Wildman–Crippen LogP) is 2.31. The smallest absolute Gasteiger partial charge is 0.217 e. The van der Waals surface area contributed by atoms with Gasteiger partial charge in [-0.3, -0.25) is 0 Å². The summed E-state index contributed by atoms with van der Waals surface area (Å²) in [5.41, 5.74) is 1.04. The van der Waals surface area contributed by atoms with Gasteiger partial charge >= 0.3 is 0 Å². The van der Waals surface area contributed by atoms with Crippen molar-refractivity contribution in [3.8, 4) is 0 Å². The normalized spacial score (nSPS) is 25.2. The van der Waals surface area contributed by atoms with E-state index >= 15 is 0 Å². The molecule has 0 radical (unpaired) electrons. The van der Waals surface area contributed by atoms with Gasteiger partial charge in [0.2, 0.25) is 10.0 Å². The fourth-order valence-electron chi connectivity index (χ4n) is 2.36. The lowest BCUT2D eigenvalue weighted by Crippen LogP contribution is -2.43. The Kier molecular flexibility index (Phi) is 3.88. The van der Waals surface area contributed by atoms with Gasteiger partial charge in [-0.1, -0.05) is 20.8 Å². The van der Waals surface area contributed by atoms with Crippen LogP contribution in [0.4, 0.5) is 0 Å². The van der Waals surface area contributed by atoms with E-state index in [1.807, 2.05) is 5.38 Å². The van der Waals surface area contributed by atoms with Crippen molar-refractivity contribution in [2.24, 2.45) is 0 Å². The number of ether oxygens (including phenoxy) is 1. The number of thiazole rings is 1. The van der Waals surface area contributed by atoms with Crippen LogP contribution in [0.15, 0.2) is 5.38 Å². The molecule has 0 spiro atoms. The summed E-state index contributed by atoms with van der Waals surface area (Å²) in [5, 5.41) is 2.78. The molecule has 1 saturated heterocycles. The molecule has 7 heteroatoms. The Morgan fingerprint density at radius 3 is 2.67 bits per heavy atom. The molecule has 0 aromatic carbocycles. The van der Waals surface area contributed by atoms with E-state index in [0.717, 1.165) is 23.5 Å². The van der Waals surface area contributed by atoms with E-state index in [1.54, 1.807) is 15.6 Å². The maximum atomic E-state index is 12.3. The predicted molar refractivity (Wildman–Crippen MR) is 83.0 cm³/mol. The molecule has 21 heavy (non-hydrogen) atoms. The Morgan fingerprint density at radius 1 is 1.38 bits per heavy atom. The molecule has 1 aromatic rings. The van der Waals surface area contributed by atoms with E-state index in [9.17, 15) is 8.42 Å². The molecule has 1 aliphatic heterocycles. The van der Waals surface area contributed by atoms with Crippen molar-refractivity contribution in [1.82, 2.24) is 9.29 Å². The Balaban J connectivity index is 1.75. The van der Waals surface area contributed by atoms with Gasteiger partial charge in [0.1, 0.15) is 11.1 Å². The second-order valence-electron chi connectivity index (χ2n) is 6.78. The molecule has 1 atom stereocenters. The summed E-state index contributed by atoms with van der Waals surface area (Å²) in [5.74, 6) is 0. The minimum absolute atomic E-state index is 0.00317. The Morgan fingerprint density at radius 2 is 2.10 bits per heavy atom. The van der Waals surface area contributed by atoms with Gasteiger partial charge < -0.3 is 4.74 Å². The topological polar surface area (TPSA) is 59.5 Å². The van der Waals surface area contributed by atoms with E-state index in [1.165, 1.54) is 0 Å². The highest BCUT2D eigenvalue weighted by molar-refractivity contribution is 7.90. The SMILES string of the molecule is CC(C)(C)c1csc([C@@H]2CN(S(=O)(=O)C3CC3)CCO2)n1. The quantitative estimate of drug-likeness (QED) is 0.853. The van der Waals surface area contributed by atoms with E-state index in [4.69, 9.17) is 4.74 Å². The molecule has 1 aromatic heterocycles. The van der Waals surface area contributed by atoms with Crippen molar-refractivity contribution >= 4 is 21.4 Å². The van der Waals surface area contributed by atoms with Crippen molar-refractivity contribution < 1.29 is 13.2 Å². The average Bonchev–Trinajstić information content (AvgIpc) is 3.15. The maximum absolute atomic E-state index is 12.3. The van der Waals surface area contributed by atoms with Gasteiger partial charge in [-0.05, 0) is 12.8 Å². The molecular weight excluding hydrogens is 308 g/mol. The molecule has 2 fully saturated rings. The largest absolute Gasteiger partial charge is 0.368 e. The molecule has 0 unspecified atom stereocenters. The average molecular weight is 330 g/mol. The third-order valence-electron chi connectivity index (χ3n) is 3.90. The van der Waals surface area contributed by atoms with Gasteiger partial charge in [0.15, 0.2) is 0 Å². The number of sulfonamides is 1. The molecule has 3 rings (SSSR count). The van der Waals surface area contributed by atoms with Gasteiger partial charge in [0, 0.05) is 23.9 Å². The summed E-state index contributed by atoms with van der Waals surface area (Å²) in [6, 6.07) is 0. The summed E-state index contributed by atoms with van der Waals surface area (Å²) in [7, 11) is -3.12. The van der Waals surface area contributed by atoms with Gasteiger partial charge in [-0.15, -0.1) is 11.3 Å². The first-order valence-electron chi connectivity index (χ1n) is 7.35. The number of rotatable bonds is 3. The van der Waals surface area contributed by atoms with Crippen LogP contribution < -0.4 is 0 Å². The van der Waals surface area contributed by atoms with Crippen LogP contribution in [0.5, 0.6) is 0 Å². The molecule has 5 nitrogen and oxygen atoms in total. The molecule has 0 N–H and O–H groups in total. The molecular formula is C14H22N2O3S2. The Labute approximate surface area is 130 Å². The van der Waals surface area contributed by atoms with Crippen LogP contribution >= 0.6 is 11.3 Å². The fourth-order valence-corrected chi connectivity index (χ4v) is 5.27. The first kappa shape index (κ1) is 15.4. The molecule has 2 heterocycles. The van der Waals surface area contributed by atoms with E-state index in [0.29, 0.717) is 19.7 Å². The number of morpholine rings is 1. The third kappa shape index (κ3) is 3.16. The zero-order valence-electron chi connectivity index (χ0n) is 12.7. The number of hydrogen-bond acceptors (Lipinski definition) is 5. The molecule has 2 aliphatic rings. The van der Waals surface area contributed by atoms with Gasteiger partial charge in [0.25, 0.3) is 0 Å².